The van der Waals surface area contributed by atoms with E-state index < -0.39 is 5.82 Å². The van der Waals surface area contributed by atoms with Crippen molar-refractivity contribution in [3.8, 4) is 5.75 Å². The smallest absolute Gasteiger partial charge is 0.223 e. The first-order chi connectivity index (χ1) is 8.74. The summed E-state index contributed by atoms with van der Waals surface area (Å²) in [4.78, 5) is 11.4. The normalized spacial score (nSPS) is 9.58. The van der Waals surface area contributed by atoms with Crippen molar-refractivity contribution in [3.63, 3.8) is 0 Å². The number of para-hydroxylation sites is 1. The molecule has 0 saturated carbocycles. The first kappa shape index (κ1) is 17.7. The molecule has 1 aromatic rings. The Morgan fingerprint density at radius 1 is 1.32 bits per heavy atom. The molecular formula is C13H20ClFN2O2. The molecule has 3 N–H and O–H groups in total. The van der Waals surface area contributed by atoms with Gasteiger partial charge in [0.25, 0.3) is 0 Å². The molecule has 0 saturated heterocycles. The molecule has 1 amide bonds. The summed E-state index contributed by atoms with van der Waals surface area (Å²) in [6.07, 6.45) is 1.99. The summed E-state index contributed by atoms with van der Waals surface area (Å²) in [5.41, 5.74) is 5.34. The Kier molecular flexibility index (Phi) is 9.84. The van der Waals surface area contributed by atoms with Crippen LogP contribution in [0.1, 0.15) is 19.3 Å². The molecule has 0 heterocycles. The van der Waals surface area contributed by atoms with E-state index in [4.69, 9.17) is 10.5 Å². The van der Waals surface area contributed by atoms with Crippen molar-refractivity contribution >= 4 is 18.3 Å². The summed E-state index contributed by atoms with van der Waals surface area (Å²) >= 11 is 0. The topological polar surface area (TPSA) is 64.3 Å². The number of ether oxygens (including phenoxy) is 1. The van der Waals surface area contributed by atoms with Crippen molar-refractivity contribution in [3.05, 3.63) is 30.1 Å². The molecule has 0 aliphatic heterocycles. The maximum Gasteiger partial charge on any atom is 0.223 e. The lowest BCUT2D eigenvalue weighted by atomic mass is 10.3. The van der Waals surface area contributed by atoms with Gasteiger partial charge >= 0.3 is 0 Å². The zero-order valence-corrected chi connectivity index (χ0v) is 11.5. The van der Waals surface area contributed by atoms with E-state index in [1.54, 1.807) is 12.1 Å². The minimum absolute atomic E-state index is 0. The van der Waals surface area contributed by atoms with Gasteiger partial charge in [-0.2, -0.15) is 0 Å². The molecule has 0 unspecified atom stereocenters. The lowest BCUT2D eigenvalue weighted by Gasteiger charge is -2.07. The number of nitrogens with two attached hydrogens (primary N) is 1. The fraction of sp³-hybridized carbons (Fsp3) is 0.462. The predicted molar refractivity (Wildman–Crippen MR) is 75.1 cm³/mol. The van der Waals surface area contributed by atoms with Gasteiger partial charge in [0.15, 0.2) is 11.6 Å². The molecule has 1 rings (SSSR count). The van der Waals surface area contributed by atoms with Gasteiger partial charge in [-0.15, -0.1) is 12.4 Å². The van der Waals surface area contributed by atoms with Crippen LogP contribution < -0.4 is 15.8 Å². The van der Waals surface area contributed by atoms with Crippen LogP contribution in [0.25, 0.3) is 0 Å². The third-order valence-electron chi connectivity index (χ3n) is 2.38. The van der Waals surface area contributed by atoms with E-state index in [0.29, 0.717) is 13.1 Å². The van der Waals surface area contributed by atoms with E-state index in [1.165, 1.54) is 12.1 Å². The number of amides is 1. The van der Waals surface area contributed by atoms with E-state index in [-0.39, 0.29) is 37.1 Å². The van der Waals surface area contributed by atoms with Gasteiger partial charge in [-0.1, -0.05) is 12.1 Å². The van der Waals surface area contributed by atoms with Gasteiger partial charge in [0.1, 0.15) is 0 Å². The molecule has 19 heavy (non-hydrogen) atoms. The van der Waals surface area contributed by atoms with Gasteiger partial charge in [0, 0.05) is 6.54 Å². The molecule has 4 nitrogen and oxygen atoms in total. The Bertz CT molecular complexity index is 377. The summed E-state index contributed by atoms with van der Waals surface area (Å²) in [6, 6.07) is 6.13. The number of carbonyl (C=O) groups excluding carboxylic acids is 1. The molecule has 0 aliphatic carbocycles. The zero-order valence-electron chi connectivity index (χ0n) is 10.7. The van der Waals surface area contributed by atoms with E-state index in [2.05, 4.69) is 5.32 Å². The molecule has 1 aromatic carbocycles. The standard InChI is InChI=1S/C13H19FN2O2.ClH/c14-11-5-1-2-6-12(11)18-10-7-13(17)16-9-4-3-8-15;/h1-2,5-6H,3-4,7-10,15H2,(H,16,17);1H. The van der Waals surface area contributed by atoms with Crippen LogP contribution in [0.3, 0.4) is 0 Å². The van der Waals surface area contributed by atoms with Crippen molar-refractivity contribution in [1.29, 1.82) is 0 Å². The lowest BCUT2D eigenvalue weighted by Crippen LogP contribution is -2.26. The third-order valence-corrected chi connectivity index (χ3v) is 2.38. The Hall–Kier alpha value is -1.33. The van der Waals surface area contributed by atoms with Crippen LogP contribution in [0.15, 0.2) is 24.3 Å². The van der Waals surface area contributed by atoms with Crippen LogP contribution in [0.5, 0.6) is 5.75 Å². The molecule has 6 heteroatoms. The minimum Gasteiger partial charge on any atom is -0.490 e. The van der Waals surface area contributed by atoms with E-state index in [1.807, 2.05) is 0 Å². The van der Waals surface area contributed by atoms with Crippen molar-refractivity contribution < 1.29 is 13.9 Å². The molecule has 0 radical (unpaired) electrons. The second kappa shape index (κ2) is 10.6. The maximum atomic E-state index is 13.2. The SMILES string of the molecule is Cl.NCCCCNC(=O)CCOc1ccccc1F. The number of hydrogen-bond donors (Lipinski definition) is 2. The second-order valence-electron chi connectivity index (χ2n) is 3.87. The summed E-state index contributed by atoms with van der Waals surface area (Å²) in [5, 5.41) is 2.75. The molecular weight excluding hydrogens is 271 g/mol. The first-order valence-electron chi connectivity index (χ1n) is 6.08. The third kappa shape index (κ3) is 7.64. The van der Waals surface area contributed by atoms with Crippen molar-refractivity contribution in [2.75, 3.05) is 19.7 Å². The summed E-state index contributed by atoms with van der Waals surface area (Å²) in [7, 11) is 0. The van der Waals surface area contributed by atoms with Crippen LogP contribution in [0.2, 0.25) is 0 Å². The monoisotopic (exact) mass is 290 g/mol. The molecule has 0 atom stereocenters. The fourth-order valence-electron chi connectivity index (χ4n) is 1.40. The summed E-state index contributed by atoms with van der Waals surface area (Å²) < 4.78 is 18.3. The molecule has 0 aliphatic rings. The Morgan fingerprint density at radius 3 is 2.74 bits per heavy atom. The number of rotatable bonds is 8. The van der Waals surface area contributed by atoms with Crippen LogP contribution in [0, 0.1) is 5.82 Å². The number of hydrogen-bond acceptors (Lipinski definition) is 3. The molecule has 0 bridgehead atoms. The highest BCUT2D eigenvalue weighted by Crippen LogP contribution is 2.15. The van der Waals surface area contributed by atoms with Gasteiger partial charge in [-0.25, -0.2) is 4.39 Å². The van der Waals surface area contributed by atoms with Gasteiger partial charge in [-0.3, -0.25) is 4.79 Å². The number of unbranched alkanes of at least 4 members (excludes halogenated alkanes) is 1. The van der Waals surface area contributed by atoms with Crippen LogP contribution in [-0.2, 0) is 4.79 Å². The number of carbonyl (C=O) groups is 1. The highest BCUT2D eigenvalue weighted by atomic mass is 35.5. The molecule has 108 valence electrons. The highest BCUT2D eigenvalue weighted by Gasteiger charge is 2.04. The summed E-state index contributed by atoms with van der Waals surface area (Å²) in [6.45, 7) is 1.42. The number of benzene rings is 1. The Labute approximate surface area is 118 Å². The largest absolute Gasteiger partial charge is 0.490 e. The molecule has 0 fully saturated rings. The Balaban J connectivity index is 0.00000324. The van der Waals surface area contributed by atoms with Crippen molar-refractivity contribution in [1.82, 2.24) is 5.32 Å². The minimum atomic E-state index is -0.416. The Morgan fingerprint density at radius 2 is 2.05 bits per heavy atom. The van der Waals surface area contributed by atoms with E-state index in [0.717, 1.165) is 12.8 Å². The van der Waals surface area contributed by atoms with E-state index >= 15 is 0 Å². The maximum absolute atomic E-state index is 13.2. The molecule has 0 aromatic heterocycles. The highest BCUT2D eigenvalue weighted by molar-refractivity contribution is 5.85. The summed E-state index contributed by atoms with van der Waals surface area (Å²) in [5.74, 6) is -0.336. The zero-order chi connectivity index (χ0) is 13.2. The van der Waals surface area contributed by atoms with Crippen LogP contribution in [0.4, 0.5) is 4.39 Å². The van der Waals surface area contributed by atoms with Gasteiger partial charge in [0.05, 0.1) is 13.0 Å². The quantitative estimate of drug-likeness (QED) is 0.719. The predicted octanol–water partition coefficient (Wildman–Crippen LogP) is 1.87. The number of halogens is 2. The van der Waals surface area contributed by atoms with Crippen molar-refractivity contribution in [2.45, 2.75) is 19.3 Å². The first-order valence-corrected chi connectivity index (χ1v) is 6.08. The van der Waals surface area contributed by atoms with Crippen LogP contribution in [-0.4, -0.2) is 25.6 Å². The average molecular weight is 291 g/mol. The lowest BCUT2D eigenvalue weighted by molar-refractivity contribution is -0.121. The molecule has 0 spiro atoms. The van der Waals surface area contributed by atoms with Gasteiger partial charge < -0.3 is 15.8 Å². The van der Waals surface area contributed by atoms with Crippen LogP contribution >= 0.6 is 12.4 Å². The number of nitrogens with one attached hydrogen (secondary N) is 1. The van der Waals surface area contributed by atoms with Crippen molar-refractivity contribution in [2.24, 2.45) is 5.73 Å². The fourth-order valence-corrected chi connectivity index (χ4v) is 1.40. The van der Waals surface area contributed by atoms with Gasteiger partial charge in [-0.05, 0) is 31.5 Å². The van der Waals surface area contributed by atoms with Gasteiger partial charge in [0.2, 0.25) is 5.91 Å². The van der Waals surface area contributed by atoms with E-state index in [9.17, 15) is 9.18 Å². The second-order valence-corrected chi connectivity index (χ2v) is 3.87. The average Bonchev–Trinajstić information content (AvgIpc) is 2.37.